The zero-order valence-corrected chi connectivity index (χ0v) is 68.1. The fourth-order valence-corrected chi connectivity index (χ4v) is 13.4. The number of likely N-dealkylation sites (tertiary alicyclic amines) is 2. The second kappa shape index (κ2) is 50.8. The Bertz CT molecular complexity index is 3670. The van der Waals surface area contributed by atoms with Gasteiger partial charge in [0.25, 0.3) is 0 Å². The summed E-state index contributed by atoms with van der Waals surface area (Å²) in [4.78, 5) is 231. The summed E-state index contributed by atoms with van der Waals surface area (Å²) in [5.74, 6) is -17.9. The highest BCUT2D eigenvalue weighted by molar-refractivity contribution is 7.80. The number of carboxylic acid groups (broad SMARTS) is 3. The number of nitrogens with two attached hydrogens (primary N) is 4. The van der Waals surface area contributed by atoms with Crippen LogP contribution in [0.1, 0.15) is 162 Å². The van der Waals surface area contributed by atoms with Crippen LogP contribution >= 0.6 is 12.6 Å². The summed E-state index contributed by atoms with van der Waals surface area (Å²) in [5.41, 5.74) is 23.5. The van der Waals surface area contributed by atoms with Gasteiger partial charge >= 0.3 is 17.9 Å². The van der Waals surface area contributed by atoms with Gasteiger partial charge in [-0.1, -0.05) is 71.9 Å². The largest absolute Gasteiger partial charge is 0.481 e. The molecule has 3 heterocycles. The molecule has 2 saturated heterocycles. The number of carbonyl (C=O) groups excluding carboxylic acids is 13. The first-order chi connectivity index (χ1) is 55.4. The maximum absolute atomic E-state index is 15.0. The monoisotopic (exact) mass is 1670 g/mol. The highest BCUT2D eigenvalue weighted by atomic mass is 32.1. The highest BCUT2D eigenvalue weighted by Crippen LogP contribution is 2.24. The fraction of sp³-hybridized carbons (Fsp3) is 0.653. The molecule has 4 rings (SSSR count). The van der Waals surface area contributed by atoms with E-state index in [9.17, 15) is 92.3 Å². The van der Waals surface area contributed by atoms with E-state index in [0.29, 0.717) is 31.2 Å². The van der Waals surface area contributed by atoms with E-state index in [1.165, 1.54) is 31.3 Å². The Balaban J connectivity index is 1.55. The molecule has 41 nitrogen and oxygen atoms in total. The predicted molar refractivity (Wildman–Crippen MR) is 428 cm³/mol. The van der Waals surface area contributed by atoms with Gasteiger partial charge in [-0.25, -0.2) is 9.78 Å². The zero-order chi connectivity index (χ0) is 87.2. The molecule has 0 aliphatic carbocycles. The molecule has 0 saturated carbocycles. The minimum atomic E-state index is -1.88. The van der Waals surface area contributed by atoms with Crippen molar-refractivity contribution in [3.8, 4) is 0 Å². The Labute approximate surface area is 684 Å². The number of guanidine groups is 1. The lowest BCUT2D eigenvalue weighted by Crippen LogP contribution is -2.62. The van der Waals surface area contributed by atoms with E-state index in [2.05, 4.69) is 86.4 Å². The molecule has 1 aromatic carbocycles. The minimum Gasteiger partial charge on any atom is -0.481 e. The van der Waals surface area contributed by atoms with Gasteiger partial charge in [0.15, 0.2) is 5.96 Å². The minimum absolute atomic E-state index is 0.00942. The quantitative estimate of drug-likeness (QED) is 0.0128. The Morgan fingerprint density at radius 3 is 1.48 bits per heavy atom. The molecule has 42 heteroatoms. The lowest BCUT2D eigenvalue weighted by atomic mass is 9.99. The summed E-state index contributed by atoms with van der Waals surface area (Å²) in [6.45, 7) is 9.46. The van der Waals surface area contributed by atoms with Crippen LogP contribution in [0.3, 0.4) is 0 Å². The molecular weight excluding hydrogens is 1550 g/mol. The summed E-state index contributed by atoms with van der Waals surface area (Å²) in [6.07, 6.45) is 2.23. The van der Waals surface area contributed by atoms with Crippen LogP contribution in [0.2, 0.25) is 0 Å². The molecule has 13 amide bonds. The number of unbranched alkanes of at least 4 members (excludes halogenated alkanes) is 2. The number of carboxylic acids is 3. The van der Waals surface area contributed by atoms with Crippen LogP contribution in [0.5, 0.6) is 0 Å². The molecular formula is C75H121N21O20S. The number of carbonyl (C=O) groups is 16. The molecule has 652 valence electrons. The van der Waals surface area contributed by atoms with Crippen LogP contribution in [0.4, 0.5) is 0 Å². The summed E-state index contributed by atoms with van der Waals surface area (Å²) < 4.78 is 0. The smallest absolute Gasteiger partial charge is 0.326 e. The number of amides is 13. The Morgan fingerprint density at radius 2 is 0.983 bits per heavy atom. The number of aromatic nitrogens is 2. The lowest BCUT2D eigenvalue weighted by molar-refractivity contribution is -0.145. The third kappa shape index (κ3) is 33.9. The molecule has 2 aliphatic rings. The van der Waals surface area contributed by atoms with Crippen molar-refractivity contribution in [2.45, 2.75) is 248 Å². The number of imidazole rings is 1. The van der Waals surface area contributed by atoms with Crippen molar-refractivity contribution in [3.63, 3.8) is 0 Å². The van der Waals surface area contributed by atoms with Gasteiger partial charge < -0.3 is 122 Å². The van der Waals surface area contributed by atoms with E-state index in [-0.39, 0.29) is 139 Å². The molecule has 2 fully saturated rings. The van der Waals surface area contributed by atoms with Crippen LogP contribution in [0.15, 0.2) is 42.9 Å². The first kappa shape index (κ1) is 98.8. The number of aromatic amines is 1. The molecule has 2 aromatic rings. The van der Waals surface area contributed by atoms with Gasteiger partial charge in [0, 0.05) is 50.8 Å². The van der Waals surface area contributed by atoms with Gasteiger partial charge in [-0.2, -0.15) is 12.6 Å². The third-order valence-corrected chi connectivity index (χ3v) is 19.9. The number of hydrogen-bond acceptors (Lipinski definition) is 23. The van der Waals surface area contributed by atoms with Gasteiger partial charge in [0.2, 0.25) is 76.8 Å². The number of rotatable bonds is 53. The number of aliphatic hydroxyl groups excluding tert-OH is 1. The number of H-pyrrole nitrogens is 1. The average Bonchev–Trinajstić information content (AvgIpc) is 1.51. The van der Waals surface area contributed by atoms with Crippen molar-refractivity contribution in [1.29, 1.82) is 5.41 Å². The second-order valence-electron chi connectivity index (χ2n) is 30.3. The number of nitrogens with zero attached hydrogens (tertiary/aromatic N) is 3. The predicted octanol–water partition coefficient (Wildman–Crippen LogP) is -4.55. The number of hydrogen-bond donors (Lipinski definition) is 23. The van der Waals surface area contributed by atoms with Crippen molar-refractivity contribution in [2.24, 2.45) is 40.7 Å². The number of benzene rings is 1. The molecule has 0 spiro atoms. The first-order valence-corrected chi connectivity index (χ1v) is 40.2. The number of thiol groups is 1. The van der Waals surface area contributed by atoms with Crippen LogP contribution in [-0.4, -0.2) is 271 Å². The van der Waals surface area contributed by atoms with Crippen molar-refractivity contribution in [3.05, 3.63) is 54.1 Å². The zero-order valence-electron chi connectivity index (χ0n) is 67.2. The molecule has 117 heavy (non-hydrogen) atoms. The molecule has 1 aromatic heterocycles. The number of aliphatic carboxylic acids is 3. The van der Waals surface area contributed by atoms with E-state index in [1.54, 1.807) is 58.0 Å². The van der Waals surface area contributed by atoms with Crippen LogP contribution in [0.25, 0.3) is 0 Å². The molecule has 0 unspecified atom stereocenters. The first-order valence-electron chi connectivity index (χ1n) is 39.5. The molecule has 26 N–H and O–H groups in total. The van der Waals surface area contributed by atoms with E-state index in [4.69, 9.17) is 28.3 Å². The van der Waals surface area contributed by atoms with Crippen molar-refractivity contribution in [2.75, 3.05) is 45.1 Å². The summed E-state index contributed by atoms with van der Waals surface area (Å²) in [6, 6.07) is -12.0. The van der Waals surface area contributed by atoms with E-state index in [1.807, 2.05) is 0 Å². The van der Waals surface area contributed by atoms with Gasteiger partial charge in [-0.15, -0.1) is 0 Å². The number of nitrogens with one attached hydrogen (secondary N) is 14. The van der Waals surface area contributed by atoms with Crippen molar-refractivity contribution < 1.29 is 97.1 Å². The average molecular weight is 1670 g/mol. The Kier molecular flexibility index (Phi) is 42.9. The Morgan fingerprint density at radius 1 is 0.530 bits per heavy atom. The maximum Gasteiger partial charge on any atom is 0.326 e. The van der Waals surface area contributed by atoms with Crippen LogP contribution < -0.4 is 86.7 Å². The van der Waals surface area contributed by atoms with Crippen molar-refractivity contribution >= 4 is 113 Å². The SMILES string of the molecule is CC(C)C[C@H](NC(=O)[C@H](Cc1ccccc1)NC(=O)[C@H](CCC(=O)O)NC(=O)[C@H](CCCCN)NC(=O)[C@@H](N)CS)C(=O)N[C@@H](Cc1c[nH]cn1)C(=O)N1CCC[C@H]1C(=O)N[C@@H](CO)C(=O)N[C@@H](CCCCN)C(=O)N[C@H](C(=O)N[C@@H](CC(=O)O)C(=O)N[C@@H](CC(C)C)C(=O)N1CCC[C@H]1C(=O)N[C@@H](CCCNC(=N)N)C(=O)O)C(C)C. The fourth-order valence-electron chi connectivity index (χ4n) is 13.3. The summed E-state index contributed by atoms with van der Waals surface area (Å²) in [7, 11) is 0. The summed E-state index contributed by atoms with van der Waals surface area (Å²) in [5, 5.41) is 78.3. The Hall–Kier alpha value is -10.6. The molecule has 0 radical (unpaired) electrons. The topological polar surface area (TPSA) is 661 Å². The molecule has 2 aliphatic heterocycles. The van der Waals surface area contributed by atoms with Crippen LogP contribution in [0, 0.1) is 23.2 Å². The van der Waals surface area contributed by atoms with Gasteiger partial charge in [-0.05, 0) is 133 Å². The standard InChI is InChI=1S/C75H121N21O20S/c1-40(2)31-50(88-66(107)51(33-43-17-8-7-9-18-43)89-63(104)48(24-25-58(98)99)86-62(103)46(19-10-12-26-76)84-61(102)45(78)38-117)65(106)92-54(34-44-36-81-39-83-44)73(114)96-30-16-23-57(96)70(111)93-55(37-97)68(109)85-47(20-11-13-27-77)64(105)94-60(42(5)6)71(112)90-52(35-59(100)101)67(108)91-53(32-41(3)4)72(113)95-29-15-22-56(95)69(110)87-49(74(115)116)21-14-28-82-75(79)80/h7-9,17-18,36,39-42,45-57,60,97,117H,10-16,19-35,37-38,76-78H2,1-6H3,(H,81,83)(H,84,102)(H,85,109)(H,86,103)(H,87,110)(H,88,107)(H,89,104)(H,90,112)(H,91,108)(H,92,106)(H,93,111)(H,94,105)(H,98,99)(H,100,101)(H,115,116)(H4,79,80,82)/t45-,46-,47-,48-,49-,50-,51-,52-,53-,54-,55-,56-,57-,60-/m0/s1. The molecule has 14 atom stereocenters. The van der Waals surface area contributed by atoms with Crippen LogP contribution in [-0.2, 0) is 89.6 Å². The van der Waals surface area contributed by atoms with Gasteiger partial charge in [-0.3, -0.25) is 77.3 Å². The summed E-state index contributed by atoms with van der Waals surface area (Å²) >= 11 is 4.06. The van der Waals surface area contributed by atoms with E-state index >= 15 is 4.79 Å². The number of aliphatic hydroxyl groups is 1. The normalized spacial score (nSPS) is 17.0. The van der Waals surface area contributed by atoms with Crippen molar-refractivity contribution in [1.82, 2.24) is 83.6 Å². The van der Waals surface area contributed by atoms with E-state index < -0.39 is 211 Å². The lowest BCUT2D eigenvalue weighted by Gasteiger charge is -2.31. The second-order valence-corrected chi connectivity index (χ2v) is 30.7. The van der Waals surface area contributed by atoms with Gasteiger partial charge in [0.05, 0.1) is 31.1 Å². The highest BCUT2D eigenvalue weighted by Gasteiger charge is 2.44. The maximum atomic E-state index is 15.0. The molecule has 0 bridgehead atoms. The van der Waals surface area contributed by atoms with Gasteiger partial charge in [0.1, 0.15) is 78.5 Å². The third-order valence-electron chi connectivity index (χ3n) is 19.5. The van der Waals surface area contributed by atoms with E-state index in [0.717, 1.165) is 4.90 Å².